The van der Waals surface area contributed by atoms with E-state index in [0.717, 1.165) is 4.57 Å². The van der Waals surface area contributed by atoms with Gasteiger partial charge in [-0.2, -0.15) is 5.10 Å². The second-order valence-electron chi connectivity index (χ2n) is 6.08. The summed E-state index contributed by atoms with van der Waals surface area (Å²) in [4.78, 5) is 39.2. The molecular weight excluding hydrogens is 376 g/mol. The third-order valence-corrected chi connectivity index (χ3v) is 4.29. The Bertz CT molecular complexity index is 1180. The third kappa shape index (κ3) is 4.52. The standard InChI is InChI=1S/C20H20N4O5/c1-28-14-8-7-13(17(11-14)29-2)12-21-23-18(25)9-10-24-19(26)15-5-3-4-6-16(15)22-20(24)27/h3-8,11-12H,9-10H2,1-2H3,(H,22,27)(H,23,25)/b21-12+. The Morgan fingerprint density at radius 2 is 1.97 bits per heavy atom. The molecule has 29 heavy (non-hydrogen) atoms. The minimum atomic E-state index is -0.562. The highest BCUT2D eigenvalue weighted by molar-refractivity contribution is 5.85. The van der Waals surface area contributed by atoms with Gasteiger partial charge < -0.3 is 14.5 Å². The van der Waals surface area contributed by atoms with E-state index < -0.39 is 17.2 Å². The molecule has 2 aromatic carbocycles. The number of hydrogen-bond donors (Lipinski definition) is 2. The van der Waals surface area contributed by atoms with Gasteiger partial charge in [0.05, 0.1) is 31.3 Å². The zero-order chi connectivity index (χ0) is 20.8. The summed E-state index contributed by atoms with van der Waals surface area (Å²) in [6.07, 6.45) is 1.35. The molecule has 9 nitrogen and oxygen atoms in total. The van der Waals surface area contributed by atoms with E-state index in [1.54, 1.807) is 49.6 Å². The smallest absolute Gasteiger partial charge is 0.328 e. The number of ether oxygens (including phenoxy) is 2. The molecule has 1 heterocycles. The van der Waals surface area contributed by atoms with Crippen LogP contribution in [0.2, 0.25) is 0 Å². The zero-order valence-corrected chi connectivity index (χ0v) is 16.0. The van der Waals surface area contributed by atoms with E-state index in [1.807, 2.05) is 0 Å². The van der Waals surface area contributed by atoms with Crippen LogP contribution < -0.4 is 26.1 Å². The maximum atomic E-state index is 12.4. The van der Waals surface area contributed by atoms with Crippen molar-refractivity contribution in [2.24, 2.45) is 5.10 Å². The first-order chi connectivity index (χ1) is 14.0. The Morgan fingerprint density at radius 3 is 2.72 bits per heavy atom. The van der Waals surface area contributed by atoms with E-state index in [4.69, 9.17) is 9.47 Å². The molecule has 2 N–H and O–H groups in total. The summed E-state index contributed by atoms with van der Waals surface area (Å²) in [6, 6.07) is 11.9. The number of nitrogens with one attached hydrogen (secondary N) is 2. The van der Waals surface area contributed by atoms with Crippen LogP contribution >= 0.6 is 0 Å². The van der Waals surface area contributed by atoms with E-state index in [1.165, 1.54) is 13.3 Å². The molecule has 0 aliphatic rings. The van der Waals surface area contributed by atoms with Crippen molar-refractivity contribution >= 4 is 23.0 Å². The van der Waals surface area contributed by atoms with Gasteiger partial charge in [0.15, 0.2) is 0 Å². The Kier molecular flexibility index (Phi) is 6.08. The molecule has 9 heteroatoms. The molecule has 0 saturated heterocycles. The molecular formula is C20H20N4O5. The number of nitrogens with zero attached hydrogens (tertiary/aromatic N) is 2. The summed E-state index contributed by atoms with van der Waals surface area (Å²) in [7, 11) is 3.07. The molecule has 0 aliphatic heterocycles. The van der Waals surface area contributed by atoms with Gasteiger partial charge in [0.1, 0.15) is 11.5 Å². The molecule has 3 aromatic rings. The van der Waals surface area contributed by atoms with Gasteiger partial charge in [0.2, 0.25) is 5.91 Å². The number of aromatic amines is 1. The third-order valence-electron chi connectivity index (χ3n) is 4.29. The molecule has 0 spiro atoms. The molecule has 0 unspecified atom stereocenters. The van der Waals surface area contributed by atoms with Crippen molar-refractivity contribution in [3.8, 4) is 11.5 Å². The van der Waals surface area contributed by atoms with Crippen LogP contribution in [0.15, 0.2) is 57.2 Å². The lowest BCUT2D eigenvalue weighted by Crippen LogP contribution is -2.36. The van der Waals surface area contributed by atoms with Gasteiger partial charge in [0.25, 0.3) is 5.56 Å². The number of methoxy groups -OCH3 is 2. The monoisotopic (exact) mass is 396 g/mol. The number of H-pyrrole nitrogens is 1. The average Bonchev–Trinajstić information content (AvgIpc) is 2.73. The lowest BCUT2D eigenvalue weighted by atomic mass is 10.2. The van der Waals surface area contributed by atoms with Gasteiger partial charge in [-0.1, -0.05) is 12.1 Å². The second kappa shape index (κ2) is 8.87. The molecule has 150 valence electrons. The summed E-state index contributed by atoms with van der Waals surface area (Å²) in [5, 5.41) is 4.28. The molecule has 0 saturated carbocycles. The Morgan fingerprint density at radius 1 is 1.17 bits per heavy atom. The summed E-state index contributed by atoms with van der Waals surface area (Å²) in [5.74, 6) is 0.735. The predicted octanol–water partition coefficient (Wildman–Crippen LogP) is 1.25. The Balaban J connectivity index is 1.65. The van der Waals surface area contributed by atoms with Crippen LogP contribution in [0.4, 0.5) is 0 Å². The van der Waals surface area contributed by atoms with Crippen molar-refractivity contribution in [2.75, 3.05) is 14.2 Å². The SMILES string of the molecule is COc1ccc(/C=N/NC(=O)CCn2c(=O)[nH]c3ccccc3c2=O)c(OC)c1. The van der Waals surface area contributed by atoms with Crippen molar-refractivity contribution in [3.63, 3.8) is 0 Å². The average molecular weight is 396 g/mol. The lowest BCUT2D eigenvalue weighted by molar-refractivity contribution is -0.121. The normalized spacial score (nSPS) is 11.0. The maximum absolute atomic E-state index is 12.4. The van der Waals surface area contributed by atoms with E-state index >= 15 is 0 Å². The quantitative estimate of drug-likeness (QED) is 0.461. The molecule has 1 aromatic heterocycles. The lowest BCUT2D eigenvalue weighted by Gasteiger charge is -2.07. The number of para-hydroxylation sites is 1. The number of carbonyl (C=O) groups excluding carboxylic acids is 1. The number of benzene rings is 2. The Labute approximate surface area is 165 Å². The second-order valence-corrected chi connectivity index (χ2v) is 6.08. The van der Waals surface area contributed by atoms with Gasteiger partial charge in [-0.3, -0.25) is 14.2 Å². The van der Waals surface area contributed by atoms with Crippen molar-refractivity contribution in [2.45, 2.75) is 13.0 Å². The van der Waals surface area contributed by atoms with Crippen molar-refractivity contribution in [1.82, 2.24) is 15.0 Å². The van der Waals surface area contributed by atoms with Crippen LogP contribution in [-0.2, 0) is 11.3 Å². The van der Waals surface area contributed by atoms with Gasteiger partial charge in [-0.25, -0.2) is 10.2 Å². The number of hydrogen-bond acceptors (Lipinski definition) is 6. The number of hydrazone groups is 1. The van der Waals surface area contributed by atoms with Crippen molar-refractivity contribution in [3.05, 3.63) is 68.9 Å². The number of amides is 1. The van der Waals surface area contributed by atoms with Crippen LogP contribution in [0.5, 0.6) is 11.5 Å². The van der Waals surface area contributed by atoms with Crippen LogP contribution in [0, 0.1) is 0 Å². The van der Waals surface area contributed by atoms with Gasteiger partial charge in [0, 0.05) is 24.6 Å². The minimum Gasteiger partial charge on any atom is -0.497 e. The summed E-state index contributed by atoms with van der Waals surface area (Å²) in [5.41, 5.74) is 2.48. The number of fused-ring (bicyclic) bond motifs is 1. The van der Waals surface area contributed by atoms with Gasteiger partial charge >= 0.3 is 5.69 Å². The van der Waals surface area contributed by atoms with Crippen molar-refractivity contribution < 1.29 is 14.3 Å². The first kappa shape index (κ1) is 19.9. The van der Waals surface area contributed by atoms with Crippen molar-refractivity contribution in [1.29, 1.82) is 0 Å². The molecule has 0 atom stereocenters. The summed E-state index contributed by atoms with van der Waals surface area (Å²) >= 11 is 0. The molecule has 0 bridgehead atoms. The molecule has 0 aliphatic carbocycles. The van der Waals surface area contributed by atoms with Crippen LogP contribution in [0.25, 0.3) is 10.9 Å². The highest BCUT2D eigenvalue weighted by Gasteiger charge is 2.09. The minimum absolute atomic E-state index is 0.0633. The largest absolute Gasteiger partial charge is 0.497 e. The topological polar surface area (TPSA) is 115 Å². The van der Waals surface area contributed by atoms with E-state index in [9.17, 15) is 14.4 Å². The first-order valence-corrected chi connectivity index (χ1v) is 8.79. The highest BCUT2D eigenvalue weighted by atomic mass is 16.5. The summed E-state index contributed by atoms with van der Waals surface area (Å²) in [6.45, 7) is -0.0633. The first-order valence-electron chi connectivity index (χ1n) is 8.79. The number of rotatable bonds is 7. The highest BCUT2D eigenvalue weighted by Crippen LogP contribution is 2.22. The zero-order valence-electron chi connectivity index (χ0n) is 16.0. The van der Waals surface area contributed by atoms with Gasteiger partial charge in [-0.05, 0) is 24.3 Å². The van der Waals surface area contributed by atoms with E-state index in [-0.39, 0.29) is 13.0 Å². The number of carbonyl (C=O) groups is 1. The molecule has 1 amide bonds. The van der Waals surface area contributed by atoms with E-state index in [2.05, 4.69) is 15.5 Å². The fourth-order valence-electron chi connectivity index (χ4n) is 2.77. The Hall–Kier alpha value is -3.88. The fraction of sp³-hybridized carbons (Fsp3) is 0.200. The number of aromatic nitrogens is 2. The fourth-order valence-corrected chi connectivity index (χ4v) is 2.77. The van der Waals surface area contributed by atoms with E-state index in [0.29, 0.717) is 28.0 Å². The predicted molar refractivity (Wildman–Crippen MR) is 109 cm³/mol. The molecule has 0 radical (unpaired) electrons. The van der Waals surface area contributed by atoms with Crippen LogP contribution in [-0.4, -0.2) is 35.9 Å². The summed E-state index contributed by atoms with van der Waals surface area (Å²) < 4.78 is 11.4. The van der Waals surface area contributed by atoms with Crippen LogP contribution in [0.3, 0.4) is 0 Å². The van der Waals surface area contributed by atoms with Crippen LogP contribution in [0.1, 0.15) is 12.0 Å². The molecule has 0 fully saturated rings. The maximum Gasteiger partial charge on any atom is 0.328 e. The molecule has 3 rings (SSSR count). The van der Waals surface area contributed by atoms with Gasteiger partial charge in [-0.15, -0.1) is 0 Å².